The van der Waals surface area contributed by atoms with Crippen LogP contribution in [-0.4, -0.2) is 16.3 Å². The molecule has 0 aliphatic rings. The van der Waals surface area contributed by atoms with E-state index in [0.717, 1.165) is 36.6 Å². The zero-order valence-electron chi connectivity index (χ0n) is 9.94. The average molecular weight is 284 g/mol. The zero-order chi connectivity index (χ0) is 12.8. The minimum atomic E-state index is 0.716. The van der Waals surface area contributed by atoms with Crippen molar-refractivity contribution in [2.75, 3.05) is 6.54 Å². The van der Waals surface area contributed by atoms with Crippen LogP contribution in [0, 0.1) is 0 Å². The molecule has 0 aliphatic carbocycles. The van der Waals surface area contributed by atoms with Crippen molar-refractivity contribution in [3.05, 3.63) is 52.3 Å². The highest BCUT2D eigenvalue weighted by Gasteiger charge is 2.00. The Kier molecular flexibility index (Phi) is 5.05. The molecule has 1 heterocycles. The number of benzene rings is 1. The van der Waals surface area contributed by atoms with Crippen molar-refractivity contribution < 1.29 is 0 Å². The summed E-state index contributed by atoms with van der Waals surface area (Å²) in [5.74, 6) is 0. The number of rotatable bonds is 6. The summed E-state index contributed by atoms with van der Waals surface area (Å²) in [6.45, 7) is 2.57. The fourth-order valence-corrected chi connectivity index (χ4v) is 2.08. The topological polar surface area (TPSA) is 29.9 Å². The second kappa shape index (κ2) is 6.78. The quantitative estimate of drug-likeness (QED) is 0.824. The summed E-state index contributed by atoms with van der Waals surface area (Å²) in [6.07, 6.45) is 4.78. The van der Waals surface area contributed by atoms with E-state index in [1.165, 1.54) is 0 Å². The fraction of sp³-hybridized carbons (Fsp3) is 0.308. The van der Waals surface area contributed by atoms with Gasteiger partial charge in [0.1, 0.15) is 0 Å². The van der Waals surface area contributed by atoms with E-state index >= 15 is 0 Å². The predicted octanol–water partition coefficient (Wildman–Crippen LogP) is 3.37. The van der Waals surface area contributed by atoms with Gasteiger partial charge in [0, 0.05) is 35.5 Å². The lowest BCUT2D eigenvalue weighted by Gasteiger charge is -2.07. The molecule has 18 heavy (non-hydrogen) atoms. The lowest BCUT2D eigenvalue weighted by atomic mass is 10.2. The van der Waals surface area contributed by atoms with E-state index in [9.17, 15) is 0 Å². The maximum atomic E-state index is 6.08. The van der Waals surface area contributed by atoms with Crippen LogP contribution in [0.4, 0.5) is 0 Å². The maximum Gasteiger partial charge on any atom is 0.0489 e. The average Bonchev–Trinajstić information content (AvgIpc) is 2.86. The number of halogens is 2. The Morgan fingerprint density at radius 2 is 2.17 bits per heavy atom. The summed E-state index contributed by atoms with van der Waals surface area (Å²) >= 11 is 12.0. The first-order chi connectivity index (χ1) is 8.75. The van der Waals surface area contributed by atoms with Gasteiger partial charge in [0.05, 0.1) is 0 Å². The van der Waals surface area contributed by atoms with E-state index in [2.05, 4.69) is 10.4 Å². The molecule has 0 unspecified atom stereocenters. The summed E-state index contributed by atoms with van der Waals surface area (Å²) in [5.41, 5.74) is 1.03. The van der Waals surface area contributed by atoms with E-state index in [0.29, 0.717) is 5.02 Å². The van der Waals surface area contributed by atoms with Crippen LogP contribution in [0.15, 0.2) is 36.7 Å². The summed E-state index contributed by atoms with van der Waals surface area (Å²) in [6, 6.07) is 7.44. The largest absolute Gasteiger partial charge is 0.313 e. The van der Waals surface area contributed by atoms with Crippen molar-refractivity contribution in [3.8, 4) is 0 Å². The van der Waals surface area contributed by atoms with E-state index in [1.807, 2.05) is 29.1 Å². The molecule has 0 spiro atoms. The second-order valence-corrected chi connectivity index (χ2v) is 4.88. The molecule has 1 N–H and O–H groups in total. The van der Waals surface area contributed by atoms with E-state index in [1.54, 1.807) is 12.3 Å². The Bertz CT molecular complexity index is 483. The molecular formula is C13H15Cl2N3. The zero-order valence-corrected chi connectivity index (χ0v) is 11.5. The Morgan fingerprint density at radius 3 is 2.94 bits per heavy atom. The molecule has 96 valence electrons. The highest BCUT2D eigenvalue weighted by Crippen LogP contribution is 2.20. The predicted molar refractivity (Wildman–Crippen MR) is 75.0 cm³/mol. The first-order valence-corrected chi connectivity index (χ1v) is 6.63. The number of nitrogens with one attached hydrogen (secondary N) is 1. The number of nitrogens with zero attached hydrogens (tertiary/aromatic N) is 2. The van der Waals surface area contributed by atoms with Gasteiger partial charge in [0.2, 0.25) is 0 Å². The van der Waals surface area contributed by atoms with E-state index in [4.69, 9.17) is 23.2 Å². The highest BCUT2D eigenvalue weighted by atomic mass is 35.5. The molecule has 0 atom stereocenters. The molecular weight excluding hydrogens is 269 g/mol. The first-order valence-electron chi connectivity index (χ1n) is 5.88. The maximum absolute atomic E-state index is 6.08. The van der Waals surface area contributed by atoms with Crippen molar-refractivity contribution in [2.24, 2.45) is 0 Å². The van der Waals surface area contributed by atoms with Crippen molar-refractivity contribution in [2.45, 2.75) is 19.5 Å². The highest BCUT2D eigenvalue weighted by molar-refractivity contribution is 6.33. The van der Waals surface area contributed by atoms with Gasteiger partial charge in [-0.15, -0.1) is 0 Å². The van der Waals surface area contributed by atoms with E-state index < -0.39 is 0 Å². The van der Waals surface area contributed by atoms with Gasteiger partial charge < -0.3 is 5.32 Å². The minimum absolute atomic E-state index is 0.716. The van der Waals surface area contributed by atoms with Gasteiger partial charge in [-0.1, -0.05) is 23.2 Å². The number of aryl methyl sites for hydroxylation is 1. The van der Waals surface area contributed by atoms with Crippen LogP contribution < -0.4 is 5.32 Å². The molecule has 0 radical (unpaired) electrons. The lowest BCUT2D eigenvalue weighted by molar-refractivity contribution is 0.543. The van der Waals surface area contributed by atoms with Crippen LogP contribution in [-0.2, 0) is 13.1 Å². The third kappa shape index (κ3) is 4.02. The molecule has 1 aromatic heterocycles. The molecule has 0 saturated carbocycles. The minimum Gasteiger partial charge on any atom is -0.313 e. The van der Waals surface area contributed by atoms with Gasteiger partial charge in [-0.25, -0.2) is 0 Å². The summed E-state index contributed by atoms with van der Waals surface area (Å²) < 4.78 is 1.92. The van der Waals surface area contributed by atoms with E-state index in [-0.39, 0.29) is 0 Å². The molecule has 0 saturated heterocycles. The molecule has 2 rings (SSSR count). The van der Waals surface area contributed by atoms with Gasteiger partial charge in [-0.05, 0) is 42.8 Å². The second-order valence-electron chi connectivity index (χ2n) is 4.04. The standard InChI is InChI=1S/C13H15Cl2N3/c14-12-3-4-13(15)11(9-12)10-16-5-1-7-18-8-2-6-17-18/h2-4,6,8-9,16H,1,5,7,10H2. The van der Waals surface area contributed by atoms with Gasteiger partial charge in [0.25, 0.3) is 0 Å². The summed E-state index contributed by atoms with van der Waals surface area (Å²) in [7, 11) is 0. The molecule has 0 fully saturated rings. The van der Waals surface area contributed by atoms with Crippen molar-refractivity contribution in [1.82, 2.24) is 15.1 Å². The Hall–Kier alpha value is -1.03. The Morgan fingerprint density at radius 1 is 1.28 bits per heavy atom. The third-order valence-corrected chi connectivity index (χ3v) is 3.23. The van der Waals surface area contributed by atoms with Crippen LogP contribution in [0.1, 0.15) is 12.0 Å². The van der Waals surface area contributed by atoms with Gasteiger partial charge in [0.15, 0.2) is 0 Å². The lowest BCUT2D eigenvalue weighted by Crippen LogP contribution is -2.16. The first kappa shape index (κ1) is 13.4. The molecule has 0 amide bonds. The van der Waals surface area contributed by atoms with Gasteiger partial charge in [-0.3, -0.25) is 4.68 Å². The normalized spacial score (nSPS) is 10.8. The van der Waals surface area contributed by atoms with Crippen molar-refractivity contribution in [3.63, 3.8) is 0 Å². The van der Waals surface area contributed by atoms with Gasteiger partial charge >= 0.3 is 0 Å². The molecule has 0 bridgehead atoms. The molecule has 3 nitrogen and oxygen atoms in total. The number of hydrogen-bond acceptors (Lipinski definition) is 2. The SMILES string of the molecule is Clc1ccc(Cl)c(CNCCCn2cccn2)c1. The van der Waals surface area contributed by atoms with Crippen LogP contribution in [0.5, 0.6) is 0 Å². The van der Waals surface area contributed by atoms with Crippen LogP contribution in [0.2, 0.25) is 10.0 Å². The van der Waals surface area contributed by atoms with Crippen LogP contribution >= 0.6 is 23.2 Å². The van der Waals surface area contributed by atoms with Gasteiger partial charge in [-0.2, -0.15) is 5.10 Å². The third-order valence-electron chi connectivity index (χ3n) is 2.62. The molecule has 5 heteroatoms. The van der Waals surface area contributed by atoms with Crippen LogP contribution in [0.3, 0.4) is 0 Å². The molecule has 1 aromatic carbocycles. The van der Waals surface area contributed by atoms with Crippen LogP contribution in [0.25, 0.3) is 0 Å². The Labute approximate surface area is 117 Å². The fourth-order valence-electron chi connectivity index (χ4n) is 1.70. The monoisotopic (exact) mass is 283 g/mol. The number of aromatic nitrogens is 2. The summed E-state index contributed by atoms with van der Waals surface area (Å²) in [4.78, 5) is 0. The van der Waals surface area contributed by atoms with Crippen molar-refractivity contribution >= 4 is 23.2 Å². The smallest absolute Gasteiger partial charge is 0.0489 e. The summed E-state index contributed by atoms with van der Waals surface area (Å²) in [5, 5.41) is 8.96. The Balaban J connectivity index is 1.70. The molecule has 0 aliphatic heterocycles. The number of hydrogen-bond donors (Lipinski definition) is 1. The van der Waals surface area contributed by atoms with Crippen molar-refractivity contribution in [1.29, 1.82) is 0 Å². The molecule has 2 aromatic rings.